The van der Waals surface area contributed by atoms with Gasteiger partial charge >= 0.3 is 5.95 Å². The fraction of sp³-hybridized carbons (Fsp3) is 0. The van der Waals surface area contributed by atoms with Gasteiger partial charge in [0, 0.05) is 27.1 Å². The summed E-state index contributed by atoms with van der Waals surface area (Å²) in [6, 6.07) is 54.5. The molecule has 0 bridgehead atoms. The first-order valence-corrected chi connectivity index (χ1v) is 15.4. The van der Waals surface area contributed by atoms with Crippen LogP contribution < -0.4 is 4.57 Å². The van der Waals surface area contributed by atoms with E-state index in [0.717, 1.165) is 33.6 Å². The zero-order valence-corrected chi connectivity index (χ0v) is 24.4. The van der Waals surface area contributed by atoms with Crippen LogP contribution in [0.25, 0.3) is 88.5 Å². The van der Waals surface area contributed by atoms with Gasteiger partial charge in [0.1, 0.15) is 16.7 Å². The number of benzene rings is 7. The summed E-state index contributed by atoms with van der Waals surface area (Å²) in [5, 5.41) is 6.18. The van der Waals surface area contributed by atoms with Crippen LogP contribution in [0, 0.1) is 0 Å². The summed E-state index contributed by atoms with van der Waals surface area (Å²) in [5.74, 6) is 0.865. The Morgan fingerprint density at radius 3 is 1.98 bits per heavy atom. The molecule has 2 aromatic heterocycles. The Hall–Kier alpha value is -6.06. The molecule has 0 aliphatic heterocycles. The van der Waals surface area contributed by atoms with Gasteiger partial charge in [-0.1, -0.05) is 120 Å². The third-order valence-electron chi connectivity index (χ3n) is 9.39. The minimum atomic E-state index is 0.865. The fourth-order valence-electron chi connectivity index (χ4n) is 7.48. The molecule has 0 atom stereocenters. The van der Waals surface area contributed by atoms with E-state index in [4.69, 9.17) is 4.98 Å². The smallest absolute Gasteiger partial charge is 0.201 e. The van der Waals surface area contributed by atoms with Gasteiger partial charge in [-0.3, -0.25) is 0 Å². The molecule has 0 spiro atoms. The molecule has 1 aliphatic carbocycles. The van der Waals surface area contributed by atoms with Crippen molar-refractivity contribution in [3.05, 3.63) is 158 Å². The third kappa shape index (κ3) is 3.41. The Morgan fingerprint density at radius 2 is 1.11 bits per heavy atom. The van der Waals surface area contributed by atoms with E-state index in [1.54, 1.807) is 0 Å². The first-order chi connectivity index (χ1) is 22.3. The van der Waals surface area contributed by atoms with Gasteiger partial charge in [0.25, 0.3) is 0 Å². The SMILES string of the molecule is c1ccc(-c2ccc3c4c2-c2ccccc2-c2cccc5ccc(c4c25)n3-c2nc3ccccc3c[n+]2-c2ccccc2)cc1. The lowest BCUT2D eigenvalue weighted by Gasteiger charge is -2.15. The molecule has 1 aliphatic rings. The molecule has 3 heteroatoms. The van der Waals surface area contributed by atoms with Crippen LogP contribution in [-0.2, 0) is 0 Å². The van der Waals surface area contributed by atoms with Crippen LogP contribution in [-0.4, -0.2) is 9.55 Å². The Balaban J connectivity index is 1.46. The molecule has 0 radical (unpaired) electrons. The molecule has 3 nitrogen and oxygen atoms in total. The van der Waals surface area contributed by atoms with Crippen LogP contribution in [0.3, 0.4) is 0 Å². The lowest BCUT2D eigenvalue weighted by molar-refractivity contribution is -0.591. The van der Waals surface area contributed by atoms with Crippen molar-refractivity contribution in [2.45, 2.75) is 0 Å². The van der Waals surface area contributed by atoms with E-state index >= 15 is 0 Å². The molecule has 0 amide bonds. The normalized spacial score (nSPS) is 12.0. The highest BCUT2D eigenvalue weighted by atomic mass is 15.2. The lowest BCUT2D eigenvalue weighted by Crippen LogP contribution is -2.37. The average molecular weight is 573 g/mol. The maximum atomic E-state index is 5.40. The van der Waals surface area contributed by atoms with Crippen LogP contribution in [0.1, 0.15) is 0 Å². The predicted molar refractivity (Wildman–Crippen MR) is 185 cm³/mol. The summed E-state index contributed by atoms with van der Waals surface area (Å²) in [5.41, 5.74) is 11.9. The van der Waals surface area contributed by atoms with Crippen LogP contribution in [0.5, 0.6) is 0 Å². The second-order valence-corrected chi connectivity index (χ2v) is 11.8. The van der Waals surface area contributed by atoms with Crippen molar-refractivity contribution < 1.29 is 4.57 Å². The van der Waals surface area contributed by atoms with Crippen LogP contribution in [0.15, 0.2) is 158 Å². The number of hydrogen-bond donors (Lipinski definition) is 0. The average Bonchev–Trinajstić information content (AvgIpc) is 3.39. The summed E-state index contributed by atoms with van der Waals surface area (Å²) in [6.07, 6.45) is 2.22. The molecule has 10 rings (SSSR count). The van der Waals surface area contributed by atoms with E-state index in [2.05, 4.69) is 167 Å². The van der Waals surface area contributed by atoms with Crippen LogP contribution >= 0.6 is 0 Å². The Morgan fingerprint density at radius 1 is 0.444 bits per heavy atom. The van der Waals surface area contributed by atoms with Crippen molar-refractivity contribution in [2.24, 2.45) is 0 Å². The molecular formula is C42H26N3+. The van der Waals surface area contributed by atoms with Gasteiger partial charge in [-0.15, -0.1) is 0 Å². The molecule has 0 unspecified atom stereocenters. The minimum absolute atomic E-state index is 0.865. The molecule has 45 heavy (non-hydrogen) atoms. The van der Waals surface area contributed by atoms with Gasteiger partial charge in [-0.2, -0.15) is 4.57 Å². The van der Waals surface area contributed by atoms with E-state index in [1.807, 2.05) is 0 Å². The first kappa shape index (κ1) is 24.4. The second-order valence-electron chi connectivity index (χ2n) is 11.8. The van der Waals surface area contributed by atoms with Crippen molar-refractivity contribution in [1.82, 2.24) is 9.55 Å². The summed E-state index contributed by atoms with van der Waals surface area (Å²) >= 11 is 0. The molecule has 0 saturated carbocycles. The quantitative estimate of drug-likeness (QED) is 0.193. The van der Waals surface area contributed by atoms with Crippen molar-refractivity contribution in [2.75, 3.05) is 0 Å². The number of hydrogen-bond acceptors (Lipinski definition) is 1. The van der Waals surface area contributed by atoms with Gasteiger partial charge in [-0.25, -0.2) is 4.57 Å². The van der Waals surface area contributed by atoms with Crippen molar-refractivity contribution in [3.63, 3.8) is 0 Å². The van der Waals surface area contributed by atoms with Crippen molar-refractivity contribution in [3.8, 4) is 45.0 Å². The minimum Gasteiger partial charge on any atom is -0.201 e. The highest BCUT2D eigenvalue weighted by molar-refractivity contribution is 6.31. The molecule has 7 aromatic carbocycles. The van der Waals surface area contributed by atoms with Crippen molar-refractivity contribution >= 4 is 43.5 Å². The van der Waals surface area contributed by atoms with Crippen LogP contribution in [0.4, 0.5) is 0 Å². The Bertz CT molecular complexity index is 2630. The second kappa shape index (κ2) is 9.22. The highest BCUT2D eigenvalue weighted by Crippen LogP contribution is 2.52. The van der Waals surface area contributed by atoms with E-state index in [-0.39, 0.29) is 0 Å². The first-order valence-electron chi connectivity index (χ1n) is 15.4. The summed E-state index contributed by atoms with van der Waals surface area (Å²) in [6.45, 7) is 0. The number of aromatic nitrogens is 3. The maximum Gasteiger partial charge on any atom is 0.409 e. The monoisotopic (exact) mass is 572 g/mol. The van der Waals surface area contributed by atoms with E-state index in [0.29, 0.717) is 0 Å². The Labute approximate surface area is 259 Å². The standard InChI is InChI=1S/C42H26N3/c1-3-12-27(13-4-1)31-23-25-37-41-39(31)34-19-9-8-18-32(34)33-20-11-15-28-22-24-36(40(41)38(28)33)45(37)42-43-35-21-10-7-14-29(35)26-44(42)30-16-5-2-6-17-30/h1-26H/q+1. The largest absolute Gasteiger partial charge is 0.409 e. The topological polar surface area (TPSA) is 21.7 Å². The summed E-state index contributed by atoms with van der Waals surface area (Å²) < 4.78 is 4.62. The molecular weight excluding hydrogens is 546 g/mol. The molecule has 2 heterocycles. The number of rotatable bonds is 3. The van der Waals surface area contributed by atoms with Gasteiger partial charge in [0.2, 0.25) is 0 Å². The van der Waals surface area contributed by atoms with Crippen LogP contribution in [0.2, 0.25) is 0 Å². The maximum absolute atomic E-state index is 5.40. The molecule has 0 fully saturated rings. The third-order valence-corrected chi connectivity index (χ3v) is 9.39. The summed E-state index contributed by atoms with van der Waals surface area (Å²) in [7, 11) is 0. The zero-order valence-electron chi connectivity index (χ0n) is 24.4. The fourth-order valence-corrected chi connectivity index (χ4v) is 7.48. The van der Waals surface area contributed by atoms with Gasteiger partial charge in [0.15, 0.2) is 5.52 Å². The van der Waals surface area contributed by atoms with Gasteiger partial charge < -0.3 is 0 Å². The lowest BCUT2D eigenvalue weighted by atomic mass is 9.88. The Kier molecular flexibility index (Phi) is 5.00. The zero-order chi connectivity index (χ0) is 29.5. The van der Waals surface area contributed by atoms with E-state index in [1.165, 1.54) is 54.9 Å². The molecule has 0 saturated heterocycles. The van der Waals surface area contributed by atoms with E-state index < -0.39 is 0 Å². The number of para-hydroxylation sites is 2. The number of nitrogens with zero attached hydrogens (tertiary/aromatic N) is 3. The van der Waals surface area contributed by atoms with E-state index in [9.17, 15) is 0 Å². The molecule has 0 N–H and O–H groups in total. The predicted octanol–water partition coefficient (Wildman–Crippen LogP) is 10.1. The summed E-state index contributed by atoms with van der Waals surface area (Å²) in [4.78, 5) is 5.40. The van der Waals surface area contributed by atoms with Gasteiger partial charge in [-0.05, 0) is 69.6 Å². The van der Waals surface area contributed by atoms with Gasteiger partial charge in [0.05, 0.1) is 6.20 Å². The highest BCUT2D eigenvalue weighted by Gasteiger charge is 2.31. The molecule has 208 valence electrons. The van der Waals surface area contributed by atoms with Crippen molar-refractivity contribution in [1.29, 1.82) is 0 Å². The number of fused-ring (bicyclic) bond motifs is 4. The molecule has 9 aromatic rings.